The number of benzene rings is 1. The lowest BCUT2D eigenvalue weighted by molar-refractivity contribution is -0.123. The zero-order valence-corrected chi connectivity index (χ0v) is 14.9. The zero-order chi connectivity index (χ0) is 19.3. The van der Waals surface area contributed by atoms with Crippen molar-refractivity contribution < 1.29 is 27.9 Å². The van der Waals surface area contributed by atoms with Gasteiger partial charge in [0.05, 0.1) is 10.6 Å². The second-order valence-corrected chi connectivity index (χ2v) is 6.62. The number of amides is 3. The molecule has 3 amide bonds. The quantitative estimate of drug-likeness (QED) is 0.613. The first-order valence-electron chi connectivity index (χ1n) is 8.20. The average Bonchev–Trinajstić information content (AvgIpc) is 2.58. The van der Waals surface area contributed by atoms with E-state index in [1.165, 1.54) is 0 Å². The Balaban J connectivity index is 1.81. The van der Waals surface area contributed by atoms with Crippen LogP contribution < -0.4 is 10.6 Å². The molecule has 0 spiro atoms. The summed E-state index contributed by atoms with van der Waals surface area (Å²) in [5, 5.41) is 4.43. The molecule has 0 heterocycles. The van der Waals surface area contributed by atoms with Gasteiger partial charge in [-0.15, -0.1) is 0 Å². The number of ether oxygens (including phenoxy) is 1. The first-order chi connectivity index (χ1) is 12.3. The van der Waals surface area contributed by atoms with Gasteiger partial charge in [0.15, 0.2) is 18.2 Å². The highest BCUT2D eigenvalue weighted by atomic mass is 35.5. The number of hydrogen-bond donors (Lipinski definition) is 2. The molecule has 6 nitrogen and oxygen atoms in total. The second kappa shape index (κ2) is 8.93. The lowest BCUT2D eigenvalue weighted by Gasteiger charge is -2.29. The molecule has 1 saturated carbocycles. The van der Waals surface area contributed by atoms with Crippen molar-refractivity contribution in [3.8, 4) is 0 Å². The SMILES string of the molecule is C[C@H]1CCCC[C@H]1NC(=O)NC(=O)COC(=O)c1cc(F)c(F)cc1Cl. The number of carbonyl (C=O) groups is 3. The van der Waals surface area contributed by atoms with E-state index >= 15 is 0 Å². The van der Waals surface area contributed by atoms with E-state index in [1.54, 1.807) is 0 Å². The van der Waals surface area contributed by atoms with E-state index < -0.39 is 41.7 Å². The van der Waals surface area contributed by atoms with Gasteiger partial charge in [0.1, 0.15) is 0 Å². The van der Waals surface area contributed by atoms with Crippen molar-refractivity contribution in [2.45, 2.75) is 38.6 Å². The standard InChI is InChI=1S/C17H19ClF2N2O4/c1-9-4-2-3-5-14(9)21-17(25)22-15(23)8-26-16(24)10-6-12(19)13(20)7-11(10)18/h6-7,9,14H,2-5,8H2,1H3,(H2,21,22,23,25)/t9-,14+/m0/s1. The van der Waals surface area contributed by atoms with Crippen LogP contribution in [0.5, 0.6) is 0 Å². The highest BCUT2D eigenvalue weighted by Crippen LogP contribution is 2.23. The highest BCUT2D eigenvalue weighted by molar-refractivity contribution is 6.33. The molecule has 0 bridgehead atoms. The summed E-state index contributed by atoms with van der Waals surface area (Å²) in [6, 6.07) is 0.525. The molecule has 2 rings (SSSR count). The molecule has 0 unspecified atom stereocenters. The Labute approximate surface area is 154 Å². The molecule has 2 N–H and O–H groups in total. The van der Waals surface area contributed by atoms with Crippen LogP contribution >= 0.6 is 11.6 Å². The Morgan fingerprint density at radius 3 is 2.54 bits per heavy atom. The van der Waals surface area contributed by atoms with E-state index in [9.17, 15) is 23.2 Å². The lowest BCUT2D eigenvalue weighted by atomic mass is 9.86. The van der Waals surface area contributed by atoms with Crippen LogP contribution in [0.3, 0.4) is 0 Å². The van der Waals surface area contributed by atoms with Crippen molar-refractivity contribution >= 4 is 29.5 Å². The third kappa shape index (κ3) is 5.39. The fourth-order valence-electron chi connectivity index (χ4n) is 2.79. The van der Waals surface area contributed by atoms with Gasteiger partial charge in [-0.05, 0) is 30.9 Å². The van der Waals surface area contributed by atoms with Gasteiger partial charge in [-0.25, -0.2) is 18.4 Å². The topological polar surface area (TPSA) is 84.5 Å². The first kappa shape index (κ1) is 20.1. The van der Waals surface area contributed by atoms with E-state index in [1.807, 2.05) is 6.92 Å². The third-order valence-electron chi connectivity index (χ3n) is 4.25. The minimum atomic E-state index is -1.27. The monoisotopic (exact) mass is 388 g/mol. The molecule has 0 saturated heterocycles. The van der Waals surface area contributed by atoms with Crippen molar-refractivity contribution in [3.63, 3.8) is 0 Å². The van der Waals surface area contributed by atoms with Crippen LogP contribution in [0, 0.1) is 17.6 Å². The summed E-state index contributed by atoms with van der Waals surface area (Å²) in [4.78, 5) is 35.3. The normalized spacial score (nSPS) is 19.5. The number of nitrogens with one attached hydrogen (secondary N) is 2. The van der Waals surface area contributed by atoms with Crippen molar-refractivity contribution in [2.75, 3.05) is 6.61 Å². The maximum atomic E-state index is 13.2. The summed E-state index contributed by atoms with van der Waals surface area (Å²) in [5.74, 6) is -4.12. The van der Waals surface area contributed by atoms with Gasteiger partial charge in [0.2, 0.25) is 0 Å². The molecule has 142 valence electrons. The molecule has 0 aromatic heterocycles. The largest absolute Gasteiger partial charge is 0.452 e. The van der Waals surface area contributed by atoms with Crippen molar-refractivity contribution in [2.24, 2.45) is 5.92 Å². The van der Waals surface area contributed by atoms with Gasteiger partial charge in [-0.3, -0.25) is 10.1 Å². The number of imide groups is 1. The van der Waals surface area contributed by atoms with E-state index in [2.05, 4.69) is 15.4 Å². The maximum absolute atomic E-state index is 13.2. The van der Waals surface area contributed by atoms with Crippen LogP contribution in [0.1, 0.15) is 43.0 Å². The predicted octanol–water partition coefficient (Wildman–Crippen LogP) is 3.18. The molecule has 1 aliphatic carbocycles. The molecule has 1 fully saturated rings. The maximum Gasteiger partial charge on any atom is 0.340 e. The van der Waals surface area contributed by atoms with Crippen molar-refractivity contribution in [1.29, 1.82) is 0 Å². The van der Waals surface area contributed by atoms with Gasteiger partial charge in [0.25, 0.3) is 5.91 Å². The van der Waals surface area contributed by atoms with Crippen LogP contribution in [0.15, 0.2) is 12.1 Å². The van der Waals surface area contributed by atoms with Crippen molar-refractivity contribution in [1.82, 2.24) is 10.6 Å². The molecule has 9 heteroatoms. The molecule has 26 heavy (non-hydrogen) atoms. The fraction of sp³-hybridized carbons (Fsp3) is 0.471. The summed E-state index contributed by atoms with van der Waals surface area (Å²) in [7, 11) is 0. The highest BCUT2D eigenvalue weighted by Gasteiger charge is 2.24. The smallest absolute Gasteiger partial charge is 0.340 e. The molecule has 1 aromatic carbocycles. The zero-order valence-electron chi connectivity index (χ0n) is 14.1. The Kier molecular flexibility index (Phi) is 6.90. The van der Waals surface area contributed by atoms with Gasteiger partial charge < -0.3 is 10.1 Å². The van der Waals surface area contributed by atoms with Gasteiger partial charge in [-0.2, -0.15) is 0 Å². The molecule has 1 aliphatic rings. The molecule has 2 atom stereocenters. The number of esters is 1. The molecular formula is C17H19ClF2N2O4. The number of carbonyl (C=O) groups excluding carboxylic acids is 3. The minimum Gasteiger partial charge on any atom is -0.452 e. The first-order valence-corrected chi connectivity index (χ1v) is 8.57. The molecule has 1 aromatic rings. The summed E-state index contributed by atoms with van der Waals surface area (Å²) in [6.07, 6.45) is 3.97. The summed E-state index contributed by atoms with van der Waals surface area (Å²) in [6.45, 7) is 1.26. The summed E-state index contributed by atoms with van der Waals surface area (Å²) in [5.41, 5.74) is -0.418. The Hall–Kier alpha value is -2.22. The average molecular weight is 389 g/mol. The van der Waals surface area contributed by atoms with Crippen LogP contribution in [-0.2, 0) is 9.53 Å². The summed E-state index contributed by atoms with van der Waals surface area (Å²) >= 11 is 5.65. The van der Waals surface area contributed by atoms with E-state index in [4.69, 9.17) is 11.6 Å². The Morgan fingerprint density at radius 2 is 1.85 bits per heavy atom. The molecular weight excluding hydrogens is 370 g/mol. The minimum absolute atomic E-state index is 0.0138. The van der Waals surface area contributed by atoms with Crippen LogP contribution in [0.2, 0.25) is 5.02 Å². The van der Waals surface area contributed by atoms with Crippen LogP contribution in [0.4, 0.5) is 13.6 Å². The van der Waals surface area contributed by atoms with E-state index in [0.717, 1.165) is 25.7 Å². The number of urea groups is 1. The predicted molar refractivity (Wildman–Crippen MR) is 89.7 cm³/mol. The van der Waals surface area contributed by atoms with Crippen LogP contribution in [-0.4, -0.2) is 30.6 Å². The number of halogens is 3. The Bertz CT molecular complexity index is 714. The van der Waals surface area contributed by atoms with Gasteiger partial charge in [0, 0.05) is 6.04 Å². The second-order valence-electron chi connectivity index (χ2n) is 6.21. The Morgan fingerprint density at radius 1 is 1.19 bits per heavy atom. The fourth-order valence-corrected chi connectivity index (χ4v) is 3.01. The molecule has 0 radical (unpaired) electrons. The lowest BCUT2D eigenvalue weighted by Crippen LogP contribution is -2.48. The van der Waals surface area contributed by atoms with E-state index in [0.29, 0.717) is 18.1 Å². The summed E-state index contributed by atoms with van der Waals surface area (Å²) < 4.78 is 30.8. The number of rotatable bonds is 4. The van der Waals surface area contributed by atoms with Crippen molar-refractivity contribution in [3.05, 3.63) is 34.4 Å². The number of hydrogen-bond acceptors (Lipinski definition) is 4. The van der Waals surface area contributed by atoms with Gasteiger partial charge in [-0.1, -0.05) is 31.4 Å². The van der Waals surface area contributed by atoms with Crippen LogP contribution in [0.25, 0.3) is 0 Å². The molecule has 0 aliphatic heterocycles. The van der Waals surface area contributed by atoms with E-state index in [-0.39, 0.29) is 11.1 Å². The third-order valence-corrected chi connectivity index (χ3v) is 4.56. The van der Waals surface area contributed by atoms with Gasteiger partial charge >= 0.3 is 12.0 Å².